The number of rotatable bonds is 3. The van der Waals surface area contributed by atoms with E-state index < -0.39 is 5.54 Å². The number of benzene rings is 2. The van der Waals surface area contributed by atoms with Crippen LogP contribution in [0.25, 0.3) is 0 Å². The minimum Gasteiger partial charge on any atom is -0.507 e. The molecule has 2 rings (SSSR count). The normalized spacial score (nSPS) is 13.5. The average Bonchev–Trinajstić information content (AvgIpc) is 2.48. The summed E-state index contributed by atoms with van der Waals surface area (Å²) in [6.45, 7) is 5.24. The lowest BCUT2D eigenvalue weighted by atomic mass is 9.92. The first-order valence-corrected chi connectivity index (χ1v) is 6.79. The number of nitrogens with one attached hydrogen (secondary N) is 1. The number of carbonyl (C=O) groups is 1. The molecule has 2 aromatic rings. The maximum atomic E-state index is 12.5. The zero-order chi connectivity index (χ0) is 15.6. The Morgan fingerprint density at radius 3 is 2.38 bits per heavy atom. The lowest BCUT2D eigenvalue weighted by Crippen LogP contribution is -2.45. The van der Waals surface area contributed by atoms with Gasteiger partial charge in [0, 0.05) is 11.3 Å². The Bertz CT molecular complexity index is 664. The lowest BCUT2D eigenvalue weighted by Gasteiger charge is -2.24. The molecule has 0 saturated heterocycles. The summed E-state index contributed by atoms with van der Waals surface area (Å²) in [5, 5.41) is 12.7. The maximum absolute atomic E-state index is 12.5. The van der Waals surface area contributed by atoms with Gasteiger partial charge in [0.05, 0.1) is 0 Å². The van der Waals surface area contributed by atoms with Gasteiger partial charge in [0.25, 0.3) is 0 Å². The second-order valence-corrected chi connectivity index (χ2v) is 5.43. The van der Waals surface area contributed by atoms with Gasteiger partial charge in [-0.15, -0.1) is 0 Å². The molecular formula is C17H20N2O2. The molecule has 0 saturated carbocycles. The Labute approximate surface area is 124 Å². The minimum atomic E-state index is -1.14. The van der Waals surface area contributed by atoms with Gasteiger partial charge in [0.2, 0.25) is 5.91 Å². The van der Waals surface area contributed by atoms with Crippen LogP contribution in [0.5, 0.6) is 5.75 Å². The van der Waals surface area contributed by atoms with Gasteiger partial charge in [-0.2, -0.15) is 0 Å². The molecular weight excluding hydrogens is 264 g/mol. The SMILES string of the molecule is Cc1ccc(NC(=O)C(C)(N)c2ccccc2)c(C)c1O. The predicted octanol–water partition coefficient (Wildman–Crippen LogP) is 2.82. The van der Waals surface area contributed by atoms with Crippen LogP contribution < -0.4 is 11.1 Å². The molecule has 21 heavy (non-hydrogen) atoms. The van der Waals surface area contributed by atoms with Crippen LogP contribution in [0.15, 0.2) is 42.5 Å². The van der Waals surface area contributed by atoms with E-state index in [2.05, 4.69) is 5.32 Å². The number of aryl methyl sites for hydroxylation is 1. The van der Waals surface area contributed by atoms with Crippen LogP contribution in [0.2, 0.25) is 0 Å². The molecule has 0 bridgehead atoms. The van der Waals surface area contributed by atoms with Crippen LogP contribution in [0, 0.1) is 13.8 Å². The molecule has 1 amide bonds. The number of aromatic hydroxyl groups is 1. The predicted molar refractivity (Wildman–Crippen MR) is 84.2 cm³/mol. The molecule has 4 heteroatoms. The second kappa shape index (κ2) is 5.58. The van der Waals surface area contributed by atoms with Gasteiger partial charge in [-0.1, -0.05) is 36.4 Å². The Hall–Kier alpha value is -2.33. The fourth-order valence-corrected chi connectivity index (χ4v) is 2.14. The van der Waals surface area contributed by atoms with Crippen molar-refractivity contribution in [3.8, 4) is 5.75 Å². The van der Waals surface area contributed by atoms with Crippen molar-refractivity contribution in [2.45, 2.75) is 26.3 Å². The highest BCUT2D eigenvalue weighted by atomic mass is 16.3. The highest BCUT2D eigenvalue weighted by molar-refractivity contribution is 5.99. The zero-order valence-electron chi connectivity index (χ0n) is 12.5. The van der Waals surface area contributed by atoms with Gasteiger partial charge in [-0.3, -0.25) is 4.79 Å². The van der Waals surface area contributed by atoms with E-state index in [1.54, 1.807) is 26.0 Å². The smallest absolute Gasteiger partial charge is 0.248 e. The van der Waals surface area contributed by atoms with E-state index in [4.69, 9.17) is 5.73 Å². The Morgan fingerprint density at radius 2 is 1.76 bits per heavy atom. The number of phenolic OH excluding ortho intramolecular Hbond substituents is 1. The van der Waals surface area contributed by atoms with Gasteiger partial charge in [-0.05, 0) is 38.0 Å². The fraction of sp³-hybridized carbons (Fsp3) is 0.235. The summed E-state index contributed by atoms with van der Waals surface area (Å²) in [6.07, 6.45) is 0. The summed E-state index contributed by atoms with van der Waals surface area (Å²) in [5.74, 6) is -0.133. The summed E-state index contributed by atoms with van der Waals surface area (Å²) in [7, 11) is 0. The molecule has 0 aliphatic carbocycles. The number of amides is 1. The van der Waals surface area contributed by atoms with Crippen LogP contribution in [-0.2, 0) is 10.3 Å². The zero-order valence-corrected chi connectivity index (χ0v) is 12.5. The number of phenols is 1. The van der Waals surface area contributed by atoms with Gasteiger partial charge in [-0.25, -0.2) is 0 Å². The number of carbonyl (C=O) groups excluding carboxylic acids is 1. The summed E-state index contributed by atoms with van der Waals surface area (Å²) in [5.41, 5.74) is 7.73. The first-order chi connectivity index (χ1) is 9.84. The van der Waals surface area contributed by atoms with Crippen LogP contribution in [0.3, 0.4) is 0 Å². The molecule has 2 aromatic carbocycles. The number of nitrogens with two attached hydrogens (primary N) is 1. The largest absolute Gasteiger partial charge is 0.507 e. The summed E-state index contributed by atoms with van der Waals surface area (Å²) in [6, 6.07) is 12.7. The summed E-state index contributed by atoms with van der Waals surface area (Å²) >= 11 is 0. The molecule has 0 fully saturated rings. The molecule has 0 aromatic heterocycles. The fourth-order valence-electron chi connectivity index (χ4n) is 2.14. The quantitative estimate of drug-likeness (QED) is 0.811. The first kappa shape index (κ1) is 15.1. The molecule has 4 nitrogen and oxygen atoms in total. The van der Waals surface area contributed by atoms with Crippen molar-refractivity contribution < 1.29 is 9.90 Å². The van der Waals surface area contributed by atoms with E-state index in [-0.39, 0.29) is 11.7 Å². The van der Waals surface area contributed by atoms with Gasteiger partial charge in [0.1, 0.15) is 11.3 Å². The van der Waals surface area contributed by atoms with Crippen LogP contribution in [0.4, 0.5) is 5.69 Å². The number of anilines is 1. The first-order valence-electron chi connectivity index (χ1n) is 6.79. The summed E-state index contributed by atoms with van der Waals surface area (Å²) < 4.78 is 0. The molecule has 1 atom stereocenters. The minimum absolute atomic E-state index is 0.186. The van der Waals surface area contributed by atoms with Crippen molar-refractivity contribution in [1.29, 1.82) is 0 Å². The molecule has 0 spiro atoms. The van der Waals surface area contributed by atoms with Crippen molar-refractivity contribution in [1.82, 2.24) is 0 Å². The van der Waals surface area contributed by atoms with Crippen molar-refractivity contribution >= 4 is 11.6 Å². The Balaban J connectivity index is 2.28. The van der Waals surface area contributed by atoms with E-state index in [0.29, 0.717) is 11.3 Å². The molecule has 0 aliphatic rings. The Morgan fingerprint density at radius 1 is 1.14 bits per heavy atom. The van der Waals surface area contributed by atoms with Crippen molar-refractivity contribution in [2.24, 2.45) is 5.73 Å². The third kappa shape index (κ3) is 2.90. The monoisotopic (exact) mass is 284 g/mol. The average molecular weight is 284 g/mol. The molecule has 0 aliphatic heterocycles. The van der Waals surface area contributed by atoms with E-state index in [0.717, 1.165) is 11.1 Å². The lowest BCUT2D eigenvalue weighted by molar-refractivity contribution is -0.120. The molecule has 4 N–H and O–H groups in total. The number of hydrogen-bond acceptors (Lipinski definition) is 3. The maximum Gasteiger partial charge on any atom is 0.248 e. The molecule has 110 valence electrons. The Kier molecular flexibility index (Phi) is 4.00. The van der Waals surface area contributed by atoms with E-state index in [9.17, 15) is 9.90 Å². The standard InChI is InChI=1S/C17H20N2O2/c1-11-9-10-14(12(2)15(11)20)19-16(21)17(3,18)13-7-5-4-6-8-13/h4-10,20H,18H2,1-3H3,(H,19,21). The van der Waals surface area contributed by atoms with Crippen LogP contribution in [0.1, 0.15) is 23.6 Å². The highest BCUT2D eigenvalue weighted by Gasteiger charge is 2.30. The van der Waals surface area contributed by atoms with Crippen LogP contribution in [-0.4, -0.2) is 11.0 Å². The van der Waals surface area contributed by atoms with E-state index in [1.165, 1.54) is 0 Å². The van der Waals surface area contributed by atoms with E-state index >= 15 is 0 Å². The topological polar surface area (TPSA) is 75.4 Å². The van der Waals surface area contributed by atoms with E-state index in [1.807, 2.05) is 37.3 Å². The van der Waals surface area contributed by atoms with Crippen LogP contribution >= 0.6 is 0 Å². The molecule has 0 radical (unpaired) electrons. The molecule has 0 heterocycles. The van der Waals surface area contributed by atoms with Crippen molar-refractivity contribution in [3.63, 3.8) is 0 Å². The number of hydrogen-bond donors (Lipinski definition) is 3. The third-order valence-electron chi connectivity index (χ3n) is 3.73. The van der Waals surface area contributed by atoms with Gasteiger partial charge in [0.15, 0.2) is 0 Å². The molecule has 1 unspecified atom stereocenters. The third-order valence-corrected chi connectivity index (χ3v) is 3.73. The van der Waals surface area contributed by atoms with Gasteiger partial charge < -0.3 is 16.2 Å². The van der Waals surface area contributed by atoms with Gasteiger partial charge >= 0.3 is 0 Å². The van der Waals surface area contributed by atoms with Crippen molar-refractivity contribution in [3.05, 3.63) is 59.2 Å². The summed E-state index contributed by atoms with van der Waals surface area (Å²) in [4.78, 5) is 12.5. The highest BCUT2D eigenvalue weighted by Crippen LogP contribution is 2.29. The second-order valence-electron chi connectivity index (χ2n) is 5.43. The van der Waals surface area contributed by atoms with Crippen molar-refractivity contribution in [2.75, 3.05) is 5.32 Å².